The van der Waals surface area contributed by atoms with Crippen LogP contribution in [0.4, 0.5) is 10.5 Å². The van der Waals surface area contributed by atoms with Crippen molar-refractivity contribution in [2.24, 2.45) is 5.73 Å². The number of aliphatic hydroxyl groups is 1. The number of aromatic hydroxyl groups is 1. The zero-order chi connectivity index (χ0) is 19.7. The monoisotopic (exact) mass is 374 g/mol. The van der Waals surface area contributed by atoms with Crippen molar-refractivity contribution in [2.45, 2.75) is 6.41 Å². The molecule has 0 saturated carbocycles. The molecule has 2 aromatic carbocycles. The van der Waals surface area contributed by atoms with Crippen LogP contribution in [0.1, 0.15) is 20.7 Å². The van der Waals surface area contributed by atoms with E-state index < -0.39 is 30.1 Å². The molecular formula is C17H14N2O8. The topological polar surface area (TPSA) is 149 Å². The number of nitrogens with zero attached hydrogens (tertiary/aromatic N) is 1. The van der Waals surface area contributed by atoms with Gasteiger partial charge in [-0.2, -0.15) is 0 Å². The summed E-state index contributed by atoms with van der Waals surface area (Å²) >= 11 is 0. The number of hydrogen-bond donors (Lipinski definition) is 3. The van der Waals surface area contributed by atoms with Crippen molar-refractivity contribution in [1.82, 2.24) is 0 Å². The molecule has 1 aliphatic heterocycles. The summed E-state index contributed by atoms with van der Waals surface area (Å²) in [6, 6.07) is 7.81. The van der Waals surface area contributed by atoms with Crippen LogP contribution in [0.5, 0.6) is 17.2 Å². The Morgan fingerprint density at radius 3 is 2.63 bits per heavy atom. The summed E-state index contributed by atoms with van der Waals surface area (Å²) < 4.78 is 14.6. The minimum absolute atomic E-state index is 0.000158. The number of carbonyl (C=O) groups is 3. The van der Waals surface area contributed by atoms with Crippen molar-refractivity contribution in [3.05, 3.63) is 47.5 Å². The first-order valence-corrected chi connectivity index (χ1v) is 7.53. The Bertz CT molecular complexity index is 943. The van der Waals surface area contributed by atoms with Gasteiger partial charge in [0.15, 0.2) is 11.5 Å². The second kappa shape index (κ2) is 6.84. The van der Waals surface area contributed by atoms with Crippen LogP contribution in [0.3, 0.4) is 0 Å². The number of aliphatic hydroxyl groups excluding tert-OH is 1. The summed E-state index contributed by atoms with van der Waals surface area (Å²) in [7, 11) is 1.11. The molecule has 1 aliphatic rings. The lowest BCUT2D eigenvalue weighted by atomic mass is 10.1. The highest BCUT2D eigenvalue weighted by Crippen LogP contribution is 2.39. The van der Waals surface area contributed by atoms with E-state index in [0.717, 1.165) is 18.1 Å². The lowest BCUT2D eigenvalue weighted by Gasteiger charge is -2.33. The molecule has 2 amide bonds. The fourth-order valence-electron chi connectivity index (χ4n) is 2.53. The average Bonchev–Trinajstić information content (AvgIpc) is 2.62. The van der Waals surface area contributed by atoms with E-state index in [0.29, 0.717) is 0 Å². The Morgan fingerprint density at radius 1 is 1.26 bits per heavy atom. The largest absolute Gasteiger partial charge is 0.513 e. The summed E-state index contributed by atoms with van der Waals surface area (Å²) in [6.07, 6.45) is -2.81. The molecule has 4 N–H and O–H groups in total. The molecule has 0 aliphatic carbocycles. The van der Waals surface area contributed by atoms with Gasteiger partial charge >= 0.3 is 6.16 Å². The lowest BCUT2D eigenvalue weighted by Crippen LogP contribution is -2.47. The van der Waals surface area contributed by atoms with Gasteiger partial charge in [0, 0.05) is 6.07 Å². The number of para-hydroxylation sites is 1. The highest BCUT2D eigenvalue weighted by Gasteiger charge is 2.36. The Labute approximate surface area is 152 Å². The number of amides is 2. The number of fused-ring (bicyclic) bond motifs is 1. The number of ether oxygens (including phenoxy) is 3. The van der Waals surface area contributed by atoms with Gasteiger partial charge in [-0.1, -0.05) is 6.07 Å². The maximum atomic E-state index is 12.8. The molecule has 0 fully saturated rings. The van der Waals surface area contributed by atoms with Crippen molar-refractivity contribution in [2.75, 3.05) is 12.0 Å². The van der Waals surface area contributed by atoms with Gasteiger partial charge in [-0.25, -0.2) is 9.69 Å². The molecule has 0 saturated heterocycles. The van der Waals surface area contributed by atoms with Crippen molar-refractivity contribution in [3.63, 3.8) is 0 Å². The third kappa shape index (κ3) is 3.20. The van der Waals surface area contributed by atoms with Crippen molar-refractivity contribution < 1.29 is 38.8 Å². The van der Waals surface area contributed by atoms with E-state index in [4.69, 9.17) is 15.2 Å². The van der Waals surface area contributed by atoms with Gasteiger partial charge in [0.05, 0.1) is 23.9 Å². The van der Waals surface area contributed by atoms with E-state index in [9.17, 15) is 24.6 Å². The van der Waals surface area contributed by atoms with Crippen molar-refractivity contribution >= 4 is 23.7 Å². The predicted molar refractivity (Wildman–Crippen MR) is 89.5 cm³/mol. The van der Waals surface area contributed by atoms with E-state index in [1.165, 1.54) is 30.3 Å². The second-order valence-electron chi connectivity index (χ2n) is 5.37. The number of rotatable bonds is 3. The Kier molecular flexibility index (Phi) is 4.57. The normalized spacial score (nSPS) is 15.6. The molecule has 1 unspecified atom stereocenters. The molecular weight excluding hydrogens is 360 g/mol. The third-order valence-electron chi connectivity index (χ3n) is 3.76. The molecule has 140 valence electrons. The highest BCUT2D eigenvalue weighted by molar-refractivity contribution is 6.10. The summed E-state index contributed by atoms with van der Waals surface area (Å²) in [5.74, 6) is -2.26. The van der Waals surface area contributed by atoms with E-state index in [1.54, 1.807) is 0 Å². The highest BCUT2D eigenvalue weighted by atomic mass is 16.7. The van der Waals surface area contributed by atoms with Crippen LogP contribution in [-0.4, -0.2) is 41.7 Å². The van der Waals surface area contributed by atoms with Gasteiger partial charge in [-0.15, -0.1) is 0 Å². The molecule has 0 spiro atoms. The average molecular weight is 374 g/mol. The molecule has 27 heavy (non-hydrogen) atoms. The molecule has 0 radical (unpaired) electrons. The molecule has 0 aromatic heterocycles. The first-order chi connectivity index (χ1) is 12.8. The van der Waals surface area contributed by atoms with Crippen molar-refractivity contribution in [3.8, 4) is 17.2 Å². The van der Waals surface area contributed by atoms with Crippen LogP contribution in [-0.2, 0) is 4.74 Å². The zero-order valence-corrected chi connectivity index (χ0v) is 13.9. The van der Waals surface area contributed by atoms with Gasteiger partial charge in [0.2, 0.25) is 0 Å². The first kappa shape index (κ1) is 18.0. The minimum atomic E-state index is -1.79. The van der Waals surface area contributed by atoms with E-state index >= 15 is 0 Å². The summed E-state index contributed by atoms with van der Waals surface area (Å²) in [5.41, 5.74) is 5.03. The number of primary amides is 1. The van der Waals surface area contributed by atoms with Crippen LogP contribution in [0, 0.1) is 0 Å². The van der Waals surface area contributed by atoms with Crippen molar-refractivity contribution in [1.29, 1.82) is 0 Å². The molecule has 1 heterocycles. The lowest BCUT2D eigenvalue weighted by molar-refractivity contribution is -0.0243. The Morgan fingerprint density at radius 2 is 2.00 bits per heavy atom. The number of anilines is 1. The zero-order valence-electron chi connectivity index (χ0n) is 13.9. The van der Waals surface area contributed by atoms with Crippen LogP contribution in [0.2, 0.25) is 0 Å². The van der Waals surface area contributed by atoms with Crippen LogP contribution >= 0.6 is 0 Å². The number of hydrogen-bond acceptors (Lipinski definition) is 8. The van der Waals surface area contributed by atoms with Crippen LogP contribution < -0.4 is 20.1 Å². The van der Waals surface area contributed by atoms with Gasteiger partial charge in [0.25, 0.3) is 18.2 Å². The maximum absolute atomic E-state index is 12.8. The standard InChI is InChI=1S/C17H14N2O8/c1-25-17(24)26-12-4-2-3-10-13(12)27-16(23)19(15(10)22)8-5-6-9(14(18)21)11(20)7-8/h2-7,16,20,23H,1H3,(H2,18,21). The summed E-state index contributed by atoms with van der Waals surface area (Å²) in [5, 5.41) is 20.2. The number of benzene rings is 2. The summed E-state index contributed by atoms with van der Waals surface area (Å²) in [4.78, 5) is 36.2. The molecule has 10 heteroatoms. The fourth-order valence-corrected chi connectivity index (χ4v) is 2.53. The maximum Gasteiger partial charge on any atom is 0.513 e. The smallest absolute Gasteiger partial charge is 0.507 e. The number of phenols is 1. The summed E-state index contributed by atoms with van der Waals surface area (Å²) in [6.45, 7) is 0. The number of methoxy groups -OCH3 is 1. The van der Waals surface area contributed by atoms with Crippen LogP contribution in [0.25, 0.3) is 0 Å². The van der Waals surface area contributed by atoms with Gasteiger partial charge in [-0.3, -0.25) is 9.59 Å². The third-order valence-corrected chi connectivity index (χ3v) is 3.76. The molecule has 10 nitrogen and oxygen atoms in total. The van der Waals surface area contributed by atoms with Gasteiger partial charge in [-0.05, 0) is 24.3 Å². The molecule has 0 bridgehead atoms. The first-order valence-electron chi connectivity index (χ1n) is 7.53. The second-order valence-corrected chi connectivity index (χ2v) is 5.37. The molecule has 1 atom stereocenters. The number of carbonyl (C=O) groups excluding carboxylic acids is 3. The van der Waals surface area contributed by atoms with E-state index in [-0.39, 0.29) is 28.3 Å². The molecule has 2 aromatic rings. The fraction of sp³-hybridized carbons (Fsp3) is 0.118. The van der Waals surface area contributed by atoms with Crippen LogP contribution in [0.15, 0.2) is 36.4 Å². The van der Waals surface area contributed by atoms with E-state index in [1.807, 2.05) is 0 Å². The SMILES string of the molecule is COC(=O)Oc1cccc2c1OC(O)N(c1ccc(C(N)=O)c(O)c1)C2=O. The predicted octanol–water partition coefficient (Wildman–Crippen LogP) is 0.951. The number of nitrogens with two attached hydrogens (primary N) is 1. The molecule has 3 rings (SSSR count). The minimum Gasteiger partial charge on any atom is -0.507 e. The quantitative estimate of drug-likeness (QED) is 0.531. The Hall–Kier alpha value is -3.79. The van der Waals surface area contributed by atoms with E-state index in [2.05, 4.69) is 4.74 Å². The Balaban J connectivity index is 2.00. The van der Waals surface area contributed by atoms with Gasteiger partial charge in [0.1, 0.15) is 5.75 Å². The van der Waals surface area contributed by atoms with Gasteiger partial charge < -0.3 is 30.2 Å².